The van der Waals surface area contributed by atoms with Gasteiger partial charge in [-0.2, -0.15) is 0 Å². The summed E-state index contributed by atoms with van der Waals surface area (Å²) >= 11 is 7.67. The molecule has 3 heterocycles. The Morgan fingerprint density at radius 1 is 1.23 bits per heavy atom. The molecule has 9 nitrogen and oxygen atoms in total. The second kappa shape index (κ2) is 8.12. The number of nitrogens with zero attached hydrogens (tertiary/aromatic N) is 5. The minimum atomic E-state index is -0.611. The zero-order valence-corrected chi connectivity index (χ0v) is 18.6. The molecule has 160 valence electrons. The highest BCUT2D eigenvalue weighted by Crippen LogP contribution is 2.26. The lowest BCUT2D eigenvalue weighted by molar-refractivity contribution is -0.116. The smallest absolute Gasteiger partial charge is 0.328 e. The van der Waals surface area contributed by atoms with Crippen LogP contribution in [-0.2, 0) is 31.9 Å². The summed E-state index contributed by atoms with van der Waals surface area (Å²) in [5, 5.41) is 3.75. The molecule has 0 atom stereocenters. The first-order valence-electron chi connectivity index (χ1n) is 9.35. The highest BCUT2D eigenvalue weighted by atomic mass is 35.5. The van der Waals surface area contributed by atoms with Crippen molar-refractivity contribution in [1.29, 1.82) is 0 Å². The van der Waals surface area contributed by atoms with Gasteiger partial charge >= 0.3 is 5.69 Å². The third kappa shape index (κ3) is 3.91. The van der Waals surface area contributed by atoms with Crippen LogP contribution in [0.25, 0.3) is 11.2 Å². The summed E-state index contributed by atoms with van der Waals surface area (Å²) < 4.78 is 3.66. The second-order valence-electron chi connectivity index (χ2n) is 7.17. The fourth-order valence-corrected chi connectivity index (χ4v) is 4.36. The summed E-state index contributed by atoms with van der Waals surface area (Å²) in [5.41, 5.74) is 1.31. The average molecular weight is 459 g/mol. The van der Waals surface area contributed by atoms with Gasteiger partial charge in [0.2, 0.25) is 5.91 Å². The van der Waals surface area contributed by atoms with Gasteiger partial charge in [0.25, 0.3) is 5.56 Å². The van der Waals surface area contributed by atoms with E-state index in [2.05, 4.69) is 15.3 Å². The first kappa shape index (κ1) is 21.0. The number of hydrogen-bond donors (Lipinski definition) is 1. The van der Waals surface area contributed by atoms with Gasteiger partial charge in [0.05, 0.1) is 6.33 Å². The van der Waals surface area contributed by atoms with Gasteiger partial charge in [-0.15, -0.1) is 11.3 Å². The zero-order chi connectivity index (χ0) is 22.3. The van der Waals surface area contributed by atoms with Crippen molar-refractivity contribution in [2.45, 2.75) is 19.9 Å². The summed E-state index contributed by atoms with van der Waals surface area (Å²) in [6, 6.07) is 5.83. The van der Waals surface area contributed by atoms with Gasteiger partial charge in [0, 0.05) is 36.6 Å². The minimum absolute atomic E-state index is 0.251. The Kier molecular flexibility index (Phi) is 5.50. The summed E-state index contributed by atoms with van der Waals surface area (Å²) in [6.45, 7) is 1.52. The van der Waals surface area contributed by atoms with E-state index in [9.17, 15) is 14.4 Å². The van der Waals surface area contributed by atoms with Crippen molar-refractivity contribution in [3.05, 3.63) is 72.6 Å². The maximum absolute atomic E-state index is 12.7. The number of hydrogen-bond acceptors (Lipinski definition) is 6. The van der Waals surface area contributed by atoms with Gasteiger partial charge < -0.3 is 9.88 Å². The Hall–Kier alpha value is -3.24. The normalized spacial score (nSPS) is 11.2. The van der Waals surface area contributed by atoms with E-state index in [0.29, 0.717) is 16.6 Å². The van der Waals surface area contributed by atoms with Crippen molar-refractivity contribution in [1.82, 2.24) is 23.7 Å². The van der Waals surface area contributed by atoms with Crippen molar-refractivity contribution in [3.8, 4) is 0 Å². The Bertz CT molecular complexity index is 1430. The van der Waals surface area contributed by atoms with Crippen LogP contribution in [0.2, 0.25) is 5.02 Å². The summed E-state index contributed by atoms with van der Waals surface area (Å²) in [7, 11) is 3.16. The number of carbonyl (C=O) groups is 1. The largest absolute Gasteiger partial charge is 0.332 e. The molecule has 0 bridgehead atoms. The average Bonchev–Trinajstić information content (AvgIpc) is 3.33. The molecule has 1 aromatic carbocycles. The predicted molar refractivity (Wildman–Crippen MR) is 120 cm³/mol. The molecule has 1 amide bonds. The number of thiazole rings is 1. The van der Waals surface area contributed by atoms with E-state index in [1.807, 2.05) is 25.1 Å². The van der Waals surface area contributed by atoms with Crippen molar-refractivity contribution < 1.29 is 4.79 Å². The van der Waals surface area contributed by atoms with Crippen LogP contribution < -0.4 is 16.6 Å². The van der Waals surface area contributed by atoms with E-state index in [0.717, 1.165) is 20.6 Å². The zero-order valence-electron chi connectivity index (χ0n) is 17.0. The number of rotatable bonds is 5. The number of aryl methyl sites for hydroxylation is 3. The molecule has 11 heteroatoms. The van der Waals surface area contributed by atoms with Crippen LogP contribution in [0, 0.1) is 6.92 Å². The van der Waals surface area contributed by atoms with Crippen molar-refractivity contribution >= 4 is 45.1 Å². The lowest BCUT2D eigenvalue weighted by atomic mass is 10.1. The molecule has 0 unspecified atom stereocenters. The molecule has 0 spiro atoms. The van der Waals surface area contributed by atoms with E-state index < -0.39 is 23.7 Å². The van der Waals surface area contributed by atoms with Gasteiger partial charge in [0.15, 0.2) is 16.3 Å². The summed E-state index contributed by atoms with van der Waals surface area (Å²) in [5.74, 6) is -0.518. The van der Waals surface area contributed by atoms with Gasteiger partial charge in [-0.25, -0.2) is 19.3 Å². The maximum atomic E-state index is 12.7. The standard InChI is InChI=1S/C20H19ClN6O3S/c1-11-5-4-6-12(15(11)21)7-13-8-22-19(31-13)24-14(28)9-27-18(29)16-17(23-10-25(16)2)26(3)20(27)30/h4-6,8,10H,7,9H2,1-3H3,(H,22,24,28). The number of fused-ring (bicyclic) bond motifs is 1. The molecule has 1 N–H and O–H groups in total. The Balaban J connectivity index is 1.53. The molecule has 0 aliphatic heterocycles. The lowest BCUT2D eigenvalue weighted by Gasteiger charge is -2.08. The number of nitrogens with one attached hydrogen (secondary N) is 1. The molecule has 31 heavy (non-hydrogen) atoms. The van der Waals surface area contributed by atoms with E-state index in [4.69, 9.17) is 11.6 Å². The highest BCUT2D eigenvalue weighted by molar-refractivity contribution is 7.15. The fraction of sp³-hybridized carbons (Fsp3) is 0.250. The number of aromatic nitrogens is 5. The molecule has 0 radical (unpaired) electrons. The number of amides is 1. The SMILES string of the molecule is Cc1cccc(Cc2cnc(NC(=O)Cn3c(=O)c4c(ncn4C)n(C)c3=O)s2)c1Cl. The molecular formula is C20H19ClN6O3S. The van der Waals surface area contributed by atoms with E-state index in [-0.39, 0.29) is 11.2 Å². The van der Waals surface area contributed by atoms with Gasteiger partial charge in [-0.3, -0.25) is 14.2 Å². The van der Waals surface area contributed by atoms with Gasteiger partial charge in [-0.1, -0.05) is 29.8 Å². The first-order valence-corrected chi connectivity index (χ1v) is 10.5. The third-order valence-corrected chi connectivity index (χ3v) is 6.39. The molecule has 3 aromatic heterocycles. The highest BCUT2D eigenvalue weighted by Gasteiger charge is 2.17. The van der Waals surface area contributed by atoms with Crippen LogP contribution in [0.3, 0.4) is 0 Å². The Labute approximate surface area is 185 Å². The molecule has 0 aliphatic carbocycles. The van der Waals surface area contributed by atoms with Crippen LogP contribution in [0.5, 0.6) is 0 Å². The lowest BCUT2D eigenvalue weighted by Crippen LogP contribution is -2.42. The monoisotopic (exact) mass is 458 g/mol. The maximum Gasteiger partial charge on any atom is 0.332 e. The van der Waals surface area contributed by atoms with Crippen LogP contribution in [-0.4, -0.2) is 29.6 Å². The van der Waals surface area contributed by atoms with E-state index in [1.165, 1.54) is 33.8 Å². The number of halogens is 1. The third-order valence-electron chi connectivity index (χ3n) is 4.94. The first-order chi connectivity index (χ1) is 14.8. The van der Waals surface area contributed by atoms with Gasteiger partial charge in [-0.05, 0) is 18.1 Å². The Morgan fingerprint density at radius 3 is 2.77 bits per heavy atom. The molecular weight excluding hydrogens is 440 g/mol. The topological polar surface area (TPSA) is 104 Å². The van der Waals surface area contributed by atoms with E-state index >= 15 is 0 Å². The summed E-state index contributed by atoms with van der Waals surface area (Å²) in [4.78, 5) is 47.0. The van der Waals surface area contributed by atoms with Gasteiger partial charge in [0.1, 0.15) is 6.54 Å². The molecule has 0 saturated heterocycles. The van der Waals surface area contributed by atoms with Crippen molar-refractivity contribution in [2.24, 2.45) is 14.1 Å². The fourth-order valence-electron chi connectivity index (χ4n) is 3.32. The van der Waals surface area contributed by atoms with Crippen molar-refractivity contribution in [2.75, 3.05) is 5.32 Å². The molecule has 0 aliphatic rings. The number of carbonyl (C=O) groups excluding carboxylic acids is 1. The number of imidazole rings is 1. The molecule has 0 fully saturated rings. The summed E-state index contributed by atoms with van der Waals surface area (Å²) in [6.07, 6.45) is 3.71. The quantitative estimate of drug-likeness (QED) is 0.493. The number of anilines is 1. The molecule has 4 aromatic rings. The van der Waals surface area contributed by atoms with Crippen molar-refractivity contribution in [3.63, 3.8) is 0 Å². The predicted octanol–water partition coefficient (Wildman–Crippen LogP) is 2.08. The molecule has 4 rings (SSSR count). The van der Waals surface area contributed by atoms with Crippen LogP contribution in [0.15, 0.2) is 40.3 Å². The van der Waals surface area contributed by atoms with Crippen LogP contribution in [0.1, 0.15) is 16.0 Å². The van der Waals surface area contributed by atoms with Crippen LogP contribution >= 0.6 is 22.9 Å². The minimum Gasteiger partial charge on any atom is -0.328 e. The van der Waals surface area contributed by atoms with Crippen LogP contribution in [0.4, 0.5) is 5.13 Å². The number of benzene rings is 1. The van der Waals surface area contributed by atoms with E-state index in [1.54, 1.807) is 13.2 Å². The Morgan fingerprint density at radius 2 is 2.00 bits per heavy atom. The molecule has 0 saturated carbocycles. The second-order valence-corrected chi connectivity index (χ2v) is 8.66.